The Bertz CT molecular complexity index is 836. The number of nitrogens with one attached hydrogen (secondary N) is 2. The van der Waals surface area contributed by atoms with Crippen molar-refractivity contribution in [1.82, 2.24) is 18.7 Å². The van der Waals surface area contributed by atoms with Crippen molar-refractivity contribution in [2.45, 2.75) is 10.6 Å². The van der Waals surface area contributed by atoms with E-state index in [1.807, 2.05) is 18.2 Å². The summed E-state index contributed by atoms with van der Waals surface area (Å²) in [6, 6.07) is 5.82. The van der Waals surface area contributed by atoms with Crippen molar-refractivity contribution in [2.75, 3.05) is 0 Å². The second kappa shape index (κ2) is 4.98. The highest BCUT2D eigenvalue weighted by molar-refractivity contribution is 7.98. The summed E-state index contributed by atoms with van der Waals surface area (Å²) in [5.74, 6) is 0.565. The van der Waals surface area contributed by atoms with Crippen molar-refractivity contribution >= 4 is 34.5 Å². The fourth-order valence-corrected chi connectivity index (χ4v) is 2.90. The molecule has 0 aliphatic carbocycles. The van der Waals surface area contributed by atoms with Crippen LogP contribution in [0.5, 0.6) is 0 Å². The summed E-state index contributed by atoms with van der Waals surface area (Å²) in [7, 11) is 0. The molecule has 0 aliphatic heterocycles. The van der Waals surface area contributed by atoms with Crippen molar-refractivity contribution in [3.63, 3.8) is 0 Å². The third-order valence-electron chi connectivity index (χ3n) is 2.48. The standard InChI is InChI=1S/C11H8N4O2S2/c16-10-11(17)13-6(4-12-10)5-18-7-1-2-8-9(3-7)15-19-14-8/h1-4H,5H2,(H,12,16)(H,13,17). The largest absolute Gasteiger partial charge is 0.323 e. The molecule has 2 aromatic heterocycles. The lowest BCUT2D eigenvalue weighted by molar-refractivity contribution is 1.01. The Balaban J connectivity index is 1.79. The van der Waals surface area contributed by atoms with Crippen LogP contribution in [0.1, 0.15) is 5.69 Å². The van der Waals surface area contributed by atoms with Gasteiger partial charge in [-0.3, -0.25) is 9.59 Å². The van der Waals surface area contributed by atoms with Gasteiger partial charge in [-0.05, 0) is 18.2 Å². The number of benzene rings is 1. The van der Waals surface area contributed by atoms with Crippen molar-refractivity contribution in [3.05, 3.63) is 50.8 Å². The van der Waals surface area contributed by atoms with E-state index >= 15 is 0 Å². The van der Waals surface area contributed by atoms with Crippen LogP contribution >= 0.6 is 23.5 Å². The summed E-state index contributed by atoms with van der Waals surface area (Å²) in [5.41, 5.74) is 1.16. The molecule has 8 heteroatoms. The van der Waals surface area contributed by atoms with Crippen LogP contribution in [0.4, 0.5) is 0 Å². The van der Waals surface area contributed by atoms with Crippen molar-refractivity contribution in [2.24, 2.45) is 0 Å². The van der Waals surface area contributed by atoms with Crippen LogP contribution in [-0.2, 0) is 5.75 Å². The van der Waals surface area contributed by atoms with E-state index in [1.165, 1.54) is 17.9 Å². The summed E-state index contributed by atoms with van der Waals surface area (Å²) in [4.78, 5) is 28.1. The van der Waals surface area contributed by atoms with Gasteiger partial charge < -0.3 is 9.97 Å². The molecule has 0 radical (unpaired) electrons. The van der Waals surface area contributed by atoms with Crippen LogP contribution in [0.25, 0.3) is 11.0 Å². The Hall–Kier alpha value is -1.93. The molecule has 3 aromatic rings. The number of nitrogens with zero attached hydrogens (tertiary/aromatic N) is 2. The topological polar surface area (TPSA) is 91.5 Å². The van der Waals surface area contributed by atoms with E-state index in [0.29, 0.717) is 11.4 Å². The number of H-pyrrole nitrogens is 2. The number of aromatic nitrogens is 4. The molecule has 2 N–H and O–H groups in total. The van der Waals surface area contributed by atoms with E-state index in [-0.39, 0.29) is 0 Å². The first-order valence-corrected chi connectivity index (χ1v) is 7.10. The van der Waals surface area contributed by atoms with E-state index in [1.54, 1.807) is 11.8 Å². The van der Waals surface area contributed by atoms with Gasteiger partial charge in [-0.15, -0.1) is 11.8 Å². The minimum absolute atomic E-state index is 0.565. The maximum Gasteiger partial charge on any atom is 0.313 e. The average molecular weight is 292 g/mol. The first-order valence-electron chi connectivity index (χ1n) is 5.38. The van der Waals surface area contributed by atoms with Gasteiger partial charge in [0, 0.05) is 22.5 Å². The van der Waals surface area contributed by atoms with Crippen LogP contribution in [0.3, 0.4) is 0 Å². The van der Waals surface area contributed by atoms with Gasteiger partial charge >= 0.3 is 11.1 Å². The monoisotopic (exact) mass is 292 g/mol. The highest BCUT2D eigenvalue weighted by Gasteiger charge is 2.02. The summed E-state index contributed by atoms with van der Waals surface area (Å²) < 4.78 is 8.31. The van der Waals surface area contributed by atoms with Gasteiger partial charge in [-0.25, -0.2) is 0 Å². The third kappa shape index (κ3) is 2.59. The molecule has 3 rings (SSSR count). The number of hydrogen-bond acceptors (Lipinski definition) is 6. The SMILES string of the molecule is O=c1[nH]cc(CSc2ccc3nsnc3c2)[nH]c1=O. The van der Waals surface area contributed by atoms with Gasteiger partial charge in [0.25, 0.3) is 0 Å². The van der Waals surface area contributed by atoms with Crippen LogP contribution in [0.15, 0.2) is 38.9 Å². The molecule has 0 fully saturated rings. The molecule has 0 saturated carbocycles. The summed E-state index contributed by atoms with van der Waals surface area (Å²) in [6.45, 7) is 0. The molecule has 0 saturated heterocycles. The first-order chi connectivity index (χ1) is 9.22. The molecule has 0 unspecified atom stereocenters. The van der Waals surface area contributed by atoms with Crippen LogP contribution < -0.4 is 11.1 Å². The van der Waals surface area contributed by atoms with Gasteiger partial charge in [0.1, 0.15) is 11.0 Å². The van der Waals surface area contributed by atoms with Gasteiger partial charge in [-0.2, -0.15) is 8.75 Å². The Morgan fingerprint density at radius 1 is 1.16 bits per heavy atom. The van der Waals surface area contributed by atoms with Crippen molar-refractivity contribution < 1.29 is 0 Å². The zero-order valence-corrected chi connectivity index (χ0v) is 11.2. The number of rotatable bonds is 3. The maximum absolute atomic E-state index is 11.2. The zero-order valence-electron chi connectivity index (χ0n) is 9.54. The molecular weight excluding hydrogens is 284 g/mol. The molecule has 19 heavy (non-hydrogen) atoms. The van der Waals surface area contributed by atoms with Gasteiger partial charge in [0.2, 0.25) is 0 Å². The predicted molar refractivity (Wildman–Crippen MR) is 74.7 cm³/mol. The van der Waals surface area contributed by atoms with E-state index in [2.05, 4.69) is 18.7 Å². The second-order valence-electron chi connectivity index (χ2n) is 3.80. The lowest BCUT2D eigenvalue weighted by atomic mass is 10.3. The summed E-state index contributed by atoms with van der Waals surface area (Å²) in [5, 5.41) is 0. The molecule has 6 nitrogen and oxygen atoms in total. The average Bonchev–Trinajstić information content (AvgIpc) is 2.87. The highest BCUT2D eigenvalue weighted by Crippen LogP contribution is 2.24. The Kier molecular flexibility index (Phi) is 3.18. The van der Waals surface area contributed by atoms with Crippen LogP contribution in [0.2, 0.25) is 0 Å². The van der Waals surface area contributed by atoms with Gasteiger partial charge in [-0.1, -0.05) is 0 Å². The minimum Gasteiger partial charge on any atom is -0.323 e. The highest BCUT2D eigenvalue weighted by atomic mass is 32.2. The fourth-order valence-electron chi connectivity index (χ4n) is 1.55. The third-order valence-corrected chi connectivity index (χ3v) is 4.08. The number of thioether (sulfide) groups is 1. The van der Waals surface area contributed by atoms with Crippen molar-refractivity contribution in [1.29, 1.82) is 0 Å². The molecular formula is C11H8N4O2S2. The number of aromatic amines is 2. The first kappa shape index (κ1) is 12.1. The smallest absolute Gasteiger partial charge is 0.313 e. The normalized spacial score (nSPS) is 10.9. The number of hydrogen-bond donors (Lipinski definition) is 2. The molecule has 96 valence electrons. The molecule has 0 aliphatic rings. The fraction of sp³-hybridized carbons (Fsp3) is 0.0909. The quantitative estimate of drug-likeness (QED) is 0.562. The predicted octanol–water partition coefficient (Wildman–Crippen LogP) is 1.36. The molecule has 1 aromatic carbocycles. The molecule has 2 heterocycles. The molecule has 0 spiro atoms. The van der Waals surface area contributed by atoms with E-state index in [9.17, 15) is 9.59 Å². The molecule has 0 atom stereocenters. The summed E-state index contributed by atoms with van der Waals surface area (Å²) in [6.07, 6.45) is 1.51. The van der Waals surface area contributed by atoms with E-state index < -0.39 is 11.1 Å². The van der Waals surface area contributed by atoms with Crippen LogP contribution in [0, 0.1) is 0 Å². The Morgan fingerprint density at radius 3 is 2.84 bits per heavy atom. The Morgan fingerprint density at radius 2 is 2.00 bits per heavy atom. The zero-order chi connectivity index (χ0) is 13.2. The maximum atomic E-state index is 11.2. The van der Waals surface area contributed by atoms with Crippen LogP contribution in [-0.4, -0.2) is 18.7 Å². The minimum atomic E-state index is -0.635. The number of fused-ring (bicyclic) bond motifs is 1. The van der Waals surface area contributed by atoms with Gasteiger partial charge in [0.15, 0.2) is 0 Å². The lowest BCUT2D eigenvalue weighted by Crippen LogP contribution is -2.29. The van der Waals surface area contributed by atoms with Crippen molar-refractivity contribution in [3.8, 4) is 0 Å². The summed E-state index contributed by atoms with van der Waals surface area (Å²) >= 11 is 2.73. The lowest BCUT2D eigenvalue weighted by Gasteiger charge is -2.01. The second-order valence-corrected chi connectivity index (χ2v) is 5.38. The molecule has 0 amide bonds. The van der Waals surface area contributed by atoms with E-state index in [4.69, 9.17) is 0 Å². The van der Waals surface area contributed by atoms with Gasteiger partial charge in [0.05, 0.1) is 11.7 Å². The molecule has 0 bridgehead atoms. The Labute approximate surface area is 115 Å². The van der Waals surface area contributed by atoms with E-state index in [0.717, 1.165) is 15.9 Å².